The molecule has 22 heavy (non-hydrogen) atoms. The number of rotatable bonds is 4. The van der Waals surface area contributed by atoms with Gasteiger partial charge in [0.1, 0.15) is 0 Å². The summed E-state index contributed by atoms with van der Waals surface area (Å²) >= 11 is 5.97. The molecule has 0 spiro atoms. The van der Waals surface area contributed by atoms with Crippen LogP contribution in [-0.2, 0) is 9.53 Å². The predicted octanol–water partition coefficient (Wildman–Crippen LogP) is 3.03. The van der Waals surface area contributed by atoms with Crippen LogP contribution in [0, 0.1) is 6.92 Å². The summed E-state index contributed by atoms with van der Waals surface area (Å²) in [6, 6.07) is 11.6. The molecule has 0 radical (unpaired) electrons. The Hall–Kier alpha value is -2.53. The Balaban J connectivity index is 1.91. The fraction of sp³-hybridized carbons (Fsp3) is 0.125. The van der Waals surface area contributed by atoms with E-state index in [1.165, 1.54) is 6.07 Å². The van der Waals surface area contributed by atoms with Gasteiger partial charge in [0.25, 0.3) is 5.91 Å². The molecule has 3 N–H and O–H groups in total. The van der Waals surface area contributed by atoms with Crippen molar-refractivity contribution < 1.29 is 14.3 Å². The second-order valence-corrected chi connectivity index (χ2v) is 5.08. The van der Waals surface area contributed by atoms with E-state index in [-0.39, 0.29) is 5.56 Å². The third-order valence-corrected chi connectivity index (χ3v) is 3.38. The number of anilines is 2. The van der Waals surface area contributed by atoms with Crippen molar-refractivity contribution in [2.75, 3.05) is 17.7 Å². The Morgan fingerprint density at radius 1 is 1.23 bits per heavy atom. The number of aryl methyl sites for hydroxylation is 1. The Kier molecular flexibility index (Phi) is 5.01. The molecule has 2 aromatic carbocycles. The Morgan fingerprint density at radius 2 is 1.95 bits per heavy atom. The summed E-state index contributed by atoms with van der Waals surface area (Å²) in [7, 11) is 0. The summed E-state index contributed by atoms with van der Waals surface area (Å²) in [5, 5.41) is 3.15. The molecule has 2 rings (SSSR count). The average molecular weight is 319 g/mol. The van der Waals surface area contributed by atoms with Crippen LogP contribution in [0.3, 0.4) is 0 Å². The monoisotopic (exact) mass is 318 g/mol. The van der Waals surface area contributed by atoms with E-state index >= 15 is 0 Å². The lowest BCUT2D eigenvalue weighted by molar-refractivity contribution is -0.119. The van der Waals surface area contributed by atoms with Crippen LogP contribution in [0.2, 0.25) is 5.02 Å². The van der Waals surface area contributed by atoms with E-state index in [1.54, 1.807) is 36.4 Å². The fourth-order valence-electron chi connectivity index (χ4n) is 1.76. The minimum Gasteiger partial charge on any atom is -0.452 e. The number of para-hydroxylation sites is 1. The number of hydrogen-bond donors (Lipinski definition) is 2. The van der Waals surface area contributed by atoms with Crippen LogP contribution in [-0.4, -0.2) is 18.5 Å². The third-order valence-electron chi connectivity index (χ3n) is 2.97. The Labute approximate surface area is 133 Å². The first-order valence-corrected chi connectivity index (χ1v) is 6.93. The van der Waals surface area contributed by atoms with E-state index in [2.05, 4.69) is 5.32 Å². The topological polar surface area (TPSA) is 81.4 Å². The van der Waals surface area contributed by atoms with Gasteiger partial charge in [-0.25, -0.2) is 4.79 Å². The number of carbonyl (C=O) groups is 2. The first-order valence-electron chi connectivity index (χ1n) is 6.55. The third kappa shape index (κ3) is 3.99. The van der Waals surface area contributed by atoms with Gasteiger partial charge in [0.05, 0.1) is 5.56 Å². The van der Waals surface area contributed by atoms with Gasteiger partial charge in [-0.05, 0) is 36.8 Å². The minimum absolute atomic E-state index is 0.230. The van der Waals surface area contributed by atoms with Gasteiger partial charge in [-0.1, -0.05) is 29.8 Å². The van der Waals surface area contributed by atoms with Crippen LogP contribution < -0.4 is 11.1 Å². The molecule has 0 fully saturated rings. The van der Waals surface area contributed by atoms with Crippen molar-refractivity contribution in [1.82, 2.24) is 0 Å². The SMILES string of the molecule is Cc1ccc(NC(=O)COC(=O)c2ccccc2N)cc1Cl. The molecular weight excluding hydrogens is 304 g/mol. The normalized spacial score (nSPS) is 10.1. The number of benzene rings is 2. The van der Waals surface area contributed by atoms with Crippen molar-refractivity contribution in [2.45, 2.75) is 6.92 Å². The largest absolute Gasteiger partial charge is 0.452 e. The first kappa shape index (κ1) is 15.9. The van der Waals surface area contributed by atoms with Crippen LogP contribution in [0.25, 0.3) is 0 Å². The summed E-state index contributed by atoms with van der Waals surface area (Å²) in [4.78, 5) is 23.6. The summed E-state index contributed by atoms with van der Waals surface area (Å²) in [5.74, 6) is -1.10. The van der Waals surface area contributed by atoms with Gasteiger partial charge in [-0.15, -0.1) is 0 Å². The van der Waals surface area contributed by atoms with Gasteiger partial charge in [-0.2, -0.15) is 0 Å². The van der Waals surface area contributed by atoms with Gasteiger partial charge in [0.2, 0.25) is 0 Å². The van der Waals surface area contributed by atoms with Gasteiger partial charge in [0, 0.05) is 16.4 Å². The van der Waals surface area contributed by atoms with E-state index in [9.17, 15) is 9.59 Å². The molecule has 0 bridgehead atoms. The van der Waals surface area contributed by atoms with E-state index in [4.69, 9.17) is 22.1 Å². The number of nitrogens with two attached hydrogens (primary N) is 1. The molecule has 5 nitrogen and oxygen atoms in total. The standard InChI is InChI=1S/C16H15ClN2O3/c1-10-6-7-11(8-13(10)17)19-15(20)9-22-16(21)12-4-2-3-5-14(12)18/h2-8H,9,18H2,1H3,(H,19,20). The van der Waals surface area contributed by atoms with Crippen LogP contribution in [0.1, 0.15) is 15.9 Å². The van der Waals surface area contributed by atoms with Crippen molar-refractivity contribution in [1.29, 1.82) is 0 Å². The lowest BCUT2D eigenvalue weighted by Crippen LogP contribution is -2.21. The summed E-state index contributed by atoms with van der Waals surface area (Å²) in [6.07, 6.45) is 0. The summed E-state index contributed by atoms with van der Waals surface area (Å²) in [5.41, 5.74) is 7.65. The van der Waals surface area contributed by atoms with Crippen molar-refractivity contribution >= 4 is 34.9 Å². The quantitative estimate of drug-likeness (QED) is 0.670. The van der Waals surface area contributed by atoms with Crippen molar-refractivity contribution in [3.63, 3.8) is 0 Å². The molecule has 0 aliphatic carbocycles. The van der Waals surface area contributed by atoms with Crippen molar-refractivity contribution in [2.24, 2.45) is 0 Å². The van der Waals surface area contributed by atoms with E-state index < -0.39 is 18.5 Å². The fourth-order valence-corrected chi connectivity index (χ4v) is 1.94. The molecule has 0 unspecified atom stereocenters. The van der Waals surface area contributed by atoms with Gasteiger partial charge in [-0.3, -0.25) is 4.79 Å². The molecule has 0 atom stereocenters. The zero-order chi connectivity index (χ0) is 16.1. The number of ether oxygens (including phenoxy) is 1. The molecule has 0 aromatic heterocycles. The van der Waals surface area contributed by atoms with Crippen molar-refractivity contribution in [3.8, 4) is 0 Å². The maximum atomic E-state index is 11.8. The number of esters is 1. The zero-order valence-electron chi connectivity index (χ0n) is 11.9. The number of hydrogen-bond acceptors (Lipinski definition) is 4. The smallest absolute Gasteiger partial charge is 0.340 e. The highest BCUT2D eigenvalue weighted by atomic mass is 35.5. The molecule has 6 heteroatoms. The number of nitrogen functional groups attached to an aromatic ring is 1. The van der Waals surface area contributed by atoms with E-state index in [1.807, 2.05) is 6.92 Å². The van der Waals surface area contributed by atoms with Gasteiger partial charge < -0.3 is 15.8 Å². The molecule has 0 saturated carbocycles. The highest BCUT2D eigenvalue weighted by molar-refractivity contribution is 6.31. The van der Waals surface area contributed by atoms with Gasteiger partial charge in [0.15, 0.2) is 6.61 Å². The molecule has 1 amide bonds. The lowest BCUT2D eigenvalue weighted by Gasteiger charge is -2.08. The van der Waals surface area contributed by atoms with Crippen LogP contribution in [0.15, 0.2) is 42.5 Å². The Bertz CT molecular complexity index is 716. The molecule has 0 heterocycles. The lowest BCUT2D eigenvalue weighted by atomic mass is 10.2. The highest BCUT2D eigenvalue weighted by Gasteiger charge is 2.12. The maximum Gasteiger partial charge on any atom is 0.340 e. The molecule has 0 aliphatic rings. The Morgan fingerprint density at radius 3 is 2.64 bits per heavy atom. The maximum absolute atomic E-state index is 11.8. The molecule has 114 valence electrons. The second-order valence-electron chi connectivity index (χ2n) is 4.68. The van der Waals surface area contributed by atoms with Crippen molar-refractivity contribution in [3.05, 3.63) is 58.6 Å². The summed E-state index contributed by atoms with van der Waals surface area (Å²) < 4.78 is 4.93. The van der Waals surface area contributed by atoms with E-state index in [0.29, 0.717) is 16.4 Å². The van der Waals surface area contributed by atoms with Crippen LogP contribution in [0.5, 0.6) is 0 Å². The number of halogens is 1. The predicted molar refractivity (Wildman–Crippen MR) is 86.0 cm³/mol. The van der Waals surface area contributed by atoms with Gasteiger partial charge >= 0.3 is 5.97 Å². The molecule has 2 aromatic rings. The number of carbonyl (C=O) groups excluding carboxylic acids is 2. The highest BCUT2D eigenvalue weighted by Crippen LogP contribution is 2.20. The zero-order valence-corrected chi connectivity index (χ0v) is 12.7. The molecule has 0 saturated heterocycles. The first-order chi connectivity index (χ1) is 10.5. The van der Waals surface area contributed by atoms with Crippen LogP contribution >= 0.6 is 11.6 Å². The second kappa shape index (κ2) is 6.95. The molecule has 0 aliphatic heterocycles. The minimum atomic E-state index is -0.643. The number of nitrogens with one attached hydrogen (secondary N) is 1. The number of amides is 1. The average Bonchev–Trinajstić information content (AvgIpc) is 2.49. The molecular formula is C16H15ClN2O3. The van der Waals surface area contributed by atoms with Crippen LogP contribution in [0.4, 0.5) is 11.4 Å². The summed E-state index contributed by atoms with van der Waals surface area (Å²) in [6.45, 7) is 1.46. The van der Waals surface area contributed by atoms with E-state index in [0.717, 1.165) is 5.56 Å².